The van der Waals surface area contributed by atoms with Crippen LogP contribution in [0, 0.1) is 17.3 Å². The number of hydrogen-bond donors (Lipinski definition) is 1. The summed E-state index contributed by atoms with van der Waals surface area (Å²) in [7, 11) is 0. The average Bonchev–Trinajstić information content (AvgIpc) is 3.07. The lowest BCUT2D eigenvalue weighted by Crippen LogP contribution is -2.03. The topological polar surface area (TPSA) is 37.3 Å². The molecule has 0 aliphatic heterocycles. The van der Waals surface area contributed by atoms with Gasteiger partial charge in [-0.15, -0.1) is 0 Å². The van der Waals surface area contributed by atoms with E-state index in [4.69, 9.17) is 0 Å². The van der Waals surface area contributed by atoms with Gasteiger partial charge in [-0.3, -0.25) is 4.79 Å². The molecule has 2 heteroatoms. The average molecular weight is 292 g/mol. The van der Waals surface area contributed by atoms with Crippen LogP contribution in [0.2, 0.25) is 0 Å². The van der Waals surface area contributed by atoms with Gasteiger partial charge in [0.05, 0.1) is 5.92 Å². The van der Waals surface area contributed by atoms with Crippen LogP contribution in [0.3, 0.4) is 0 Å². The van der Waals surface area contributed by atoms with E-state index < -0.39 is 5.97 Å². The van der Waals surface area contributed by atoms with Gasteiger partial charge in [0.15, 0.2) is 0 Å². The van der Waals surface area contributed by atoms with Crippen LogP contribution in [-0.2, 0) is 4.79 Å². The van der Waals surface area contributed by atoms with Crippen molar-refractivity contribution in [1.82, 2.24) is 0 Å². The Morgan fingerprint density at radius 1 is 0.955 bits per heavy atom. The minimum Gasteiger partial charge on any atom is -0.481 e. The summed E-state index contributed by atoms with van der Waals surface area (Å²) in [5, 5.41) is 9.38. The normalized spacial score (nSPS) is 21.9. The lowest BCUT2D eigenvalue weighted by Gasteiger charge is -2.09. The standard InChI is InChI=1S/C20H20O2/c1-20(2)17(18(20)19(21)22)13-16(14-9-5-3-6-10-14)15-11-7-4-8-12-15/h3-13,17-18H,1-2H3,(H,21,22). The summed E-state index contributed by atoms with van der Waals surface area (Å²) in [5.74, 6) is -0.929. The molecule has 0 bridgehead atoms. The van der Waals surface area contributed by atoms with Gasteiger partial charge in [0.2, 0.25) is 0 Å². The Labute approximate surface area is 131 Å². The first-order chi connectivity index (χ1) is 10.5. The van der Waals surface area contributed by atoms with Gasteiger partial charge in [-0.05, 0) is 28.0 Å². The largest absolute Gasteiger partial charge is 0.481 e. The highest BCUT2D eigenvalue weighted by Crippen LogP contribution is 2.60. The molecule has 112 valence electrons. The SMILES string of the molecule is CC1(C)C(C=C(c2ccccc2)c2ccccc2)C1C(=O)O. The van der Waals surface area contributed by atoms with Crippen LogP contribution >= 0.6 is 0 Å². The number of aliphatic carboxylic acids is 1. The molecule has 0 spiro atoms. The molecule has 0 heterocycles. The molecule has 0 aromatic heterocycles. The van der Waals surface area contributed by atoms with Crippen molar-refractivity contribution in [3.63, 3.8) is 0 Å². The lowest BCUT2D eigenvalue weighted by molar-refractivity contribution is -0.139. The molecular weight excluding hydrogens is 272 g/mol. The van der Waals surface area contributed by atoms with Crippen molar-refractivity contribution in [1.29, 1.82) is 0 Å². The van der Waals surface area contributed by atoms with Crippen molar-refractivity contribution < 1.29 is 9.90 Å². The number of carboxylic acid groups (broad SMARTS) is 1. The minimum absolute atomic E-state index is 0.0698. The quantitative estimate of drug-likeness (QED) is 0.902. The van der Waals surface area contributed by atoms with Crippen molar-refractivity contribution in [2.75, 3.05) is 0 Å². The van der Waals surface area contributed by atoms with E-state index in [9.17, 15) is 9.90 Å². The minimum atomic E-state index is -0.702. The third kappa shape index (κ3) is 2.57. The molecule has 1 N–H and O–H groups in total. The van der Waals surface area contributed by atoms with Gasteiger partial charge in [0.25, 0.3) is 0 Å². The summed E-state index contributed by atoms with van der Waals surface area (Å²) in [6.07, 6.45) is 2.14. The fourth-order valence-corrected chi connectivity index (χ4v) is 3.23. The van der Waals surface area contributed by atoms with Crippen LogP contribution in [0.4, 0.5) is 0 Å². The summed E-state index contributed by atoms with van der Waals surface area (Å²) in [6.45, 7) is 4.06. The molecule has 3 rings (SSSR count). The Morgan fingerprint density at radius 3 is 1.77 bits per heavy atom. The van der Waals surface area contributed by atoms with Gasteiger partial charge in [-0.2, -0.15) is 0 Å². The predicted octanol–water partition coefficient (Wildman–Crippen LogP) is 4.48. The van der Waals surface area contributed by atoms with E-state index in [0.717, 1.165) is 16.7 Å². The van der Waals surface area contributed by atoms with Gasteiger partial charge < -0.3 is 5.11 Å². The van der Waals surface area contributed by atoms with Gasteiger partial charge in [-0.1, -0.05) is 80.6 Å². The zero-order chi connectivity index (χ0) is 15.7. The van der Waals surface area contributed by atoms with Gasteiger partial charge in [0.1, 0.15) is 0 Å². The van der Waals surface area contributed by atoms with E-state index in [-0.39, 0.29) is 17.3 Å². The number of carbonyl (C=O) groups is 1. The lowest BCUT2D eigenvalue weighted by atomic mass is 9.95. The van der Waals surface area contributed by atoms with Crippen LogP contribution in [0.1, 0.15) is 25.0 Å². The summed E-state index contributed by atoms with van der Waals surface area (Å²) in [4.78, 5) is 11.4. The van der Waals surface area contributed by atoms with Crippen LogP contribution < -0.4 is 0 Å². The molecule has 2 aromatic rings. The Bertz CT molecular complexity index is 658. The number of allylic oxidation sites excluding steroid dienone is 1. The third-order valence-corrected chi connectivity index (χ3v) is 4.69. The molecule has 1 fully saturated rings. The Kier molecular flexibility index (Phi) is 3.61. The molecule has 2 unspecified atom stereocenters. The van der Waals surface area contributed by atoms with E-state index in [0.29, 0.717) is 0 Å². The van der Waals surface area contributed by atoms with Gasteiger partial charge in [0, 0.05) is 0 Å². The first-order valence-electron chi connectivity index (χ1n) is 7.57. The van der Waals surface area contributed by atoms with Crippen molar-refractivity contribution in [3.05, 3.63) is 77.9 Å². The molecule has 22 heavy (non-hydrogen) atoms. The molecular formula is C20H20O2. The summed E-state index contributed by atoms with van der Waals surface area (Å²) < 4.78 is 0. The maximum Gasteiger partial charge on any atom is 0.307 e. The van der Waals surface area contributed by atoms with Gasteiger partial charge >= 0.3 is 5.97 Å². The number of hydrogen-bond acceptors (Lipinski definition) is 1. The Hall–Kier alpha value is -2.35. The molecule has 0 radical (unpaired) electrons. The second-order valence-electron chi connectivity index (χ2n) is 6.48. The van der Waals surface area contributed by atoms with Crippen molar-refractivity contribution in [2.24, 2.45) is 17.3 Å². The molecule has 0 saturated heterocycles. The summed E-state index contributed by atoms with van der Waals surface area (Å²) in [6, 6.07) is 20.3. The van der Waals surface area contributed by atoms with E-state index in [1.165, 1.54) is 0 Å². The maximum atomic E-state index is 11.4. The monoisotopic (exact) mass is 292 g/mol. The maximum absolute atomic E-state index is 11.4. The smallest absolute Gasteiger partial charge is 0.307 e. The second kappa shape index (κ2) is 5.45. The molecule has 1 aliphatic carbocycles. The zero-order valence-corrected chi connectivity index (χ0v) is 12.9. The zero-order valence-electron chi connectivity index (χ0n) is 12.9. The molecule has 2 aromatic carbocycles. The molecule has 2 atom stereocenters. The highest BCUT2D eigenvalue weighted by molar-refractivity contribution is 5.83. The highest BCUT2D eigenvalue weighted by atomic mass is 16.4. The van der Waals surface area contributed by atoms with Crippen molar-refractivity contribution in [2.45, 2.75) is 13.8 Å². The molecule has 2 nitrogen and oxygen atoms in total. The number of rotatable bonds is 4. The fraction of sp³-hybridized carbons (Fsp3) is 0.250. The molecule has 1 saturated carbocycles. The van der Waals surface area contributed by atoms with E-state index in [1.807, 2.05) is 50.2 Å². The van der Waals surface area contributed by atoms with E-state index in [1.54, 1.807) is 0 Å². The summed E-state index contributed by atoms with van der Waals surface area (Å²) in [5.41, 5.74) is 3.18. The predicted molar refractivity (Wildman–Crippen MR) is 88.4 cm³/mol. The highest BCUT2D eigenvalue weighted by Gasteiger charge is 2.61. The van der Waals surface area contributed by atoms with Gasteiger partial charge in [-0.25, -0.2) is 0 Å². The van der Waals surface area contributed by atoms with Crippen molar-refractivity contribution >= 4 is 11.5 Å². The molecule has 0 amide bonds. The third-order valence-electron chi connectivity index (χ3n) is 4.69. The van der Waals surface area contributed by atoms with Crippen LogP contribution in [-0.4, -0.2) is 11.1 Å². The fourth-order valence-electron chi connectivity index (χ4n) is 3.23. The van der Waals surface area contributed by atoms with Crippen LogP contribution in [0.25, 0.3) is 5.57 Å². The Balaban J connectivity index is 2.04. The summed E-state index contributed by atoms with van der Waals surface area (Å²) >= 11 is 0. The van der Waals surface area contributed by atoms with Crippen molar-refractivity contribution in [3.8, 4) is 0 Å². The second-order valence-corrected chi connectivity index (χ2v) is 6.48. The first kappa shape index (κ1) is 14.6. The molecule has 1 aliphatic rings. The van der Waals surface area contributed by atoms with E-state index >= 15 is 0 Å². The van der Waals surface area contributed by atoms with E-state index in [2.05, 4.69) is 30.3 Å². The first-order valence-corrected chi connectivity index (χ1v) is 7.57. The number of carboxylic acids is 1. The van der Waals surface area contributed by atoms with Crippen LogP contribution in [0.5, 0.6) is 0 Å². The Morgan fingerprint density at radius 2 is 1.41 bits per heavy atom. The number of benzene rings is 2. The van der Waals surface area contributed by atoms with Crippen LogP contribution in [0.15, 0.2) is 66.7 Å².